The van der Waals surface area contributed by atoms with Crippen LogP contribution in [0.25, 0.3) is 0 Å². The van der Waals surface area contributed by atoms with Crippen LogP contribution in [0.2, 0.25) is 0 Å². The Hall–Kier alpha value is -0.850. The van der Waals surface area contributed by atoms with Gasteiger partial charge in [0, 0.05) is 0 Å². The van der Waals surface area contributed by atoms with Crippen molar-refractivity contribution in [3.63, 3.8) is 0 Å². The molecule has 1 aromatic rings. The number of fused-ring (bicyclic) bond motifs is 2. The minimum atomic E-state index is 0.184. The zero-order valence-corrected chi connectivity index (χ0v) is 18.3. The van der Waals surface area contributed by atoms with Gasteiger partial charge in [0.15, 0.2) is 0 Å². The Morgan fingerprint density at radius 1 is 0.893 bits per heavy atom. The van der Waals surface area contributed by atoms with Gasteiger partial charge in [-0.2, -0.15) is 0 Å². The van der Waals surface area contributed by atoms with Crippen LogP contribution in [0.3, 0.4) is 0 Å². The maximum Gasteiger partial charge on any atom is 0.130 e. The van der Waals surface area contributed by atoms with Crippen molar-refractivity contribution < 1.29 is 4.39 Å². The first kappa shape index (κ1) is 20.4. The Morgan fingerprint density at radius 2 is 1.71 bits per heavy atom. The zero-order valence-electron chi connectivity index (χ0n) is 18.3. The molecule has 1 heteroatoms. The highest BCUT2D eigenvalue weighted by Gasteiger charge is 2.37. The Labute approximate surface area is 172 Å². The highest BCUT2D eigenvalue weighted by atomic mass is 19.1. The molecule has 0 aliphatic heterocycles. The fourth-order valence-electron chi connectivity index (χ4n) is 6.78. The number of hydrogen-bond acceptors (Lipinski definition) is 0. The van der Waals surface area contributed by atoms with E-state index in [0.29, 0.717) is 5.92 Å². The molecular weight excluding hydrogens is 343 g/mol. The van der Waals surface area contributed by atoms with E-state index in [9.17, 15) is 0 Å². The van der Waals surface area contributed by atoms with Crippen molar-refractivity contribution >= 4 is 0 Å². The minimum Gasteiger partial charge on any atom is -0.206 e. The molecule has 3 aliphatic rings. The standard InChI is InChI=1S/C27H41F/c1-3-5-6-7-20-8-10-22-18-24(12-11-21(22)17-20)26-15-13-23-16-19(4-2)9-14-25(23)27(26)28/h13,15,19-22,24H,3-12,14,16-18H2,1-2H3. The maximum atomic E-state index is 15.4. The molecule has 0 radical (unpaired) electrons. The molecule has 4 rings (SSSR count). The van der Waals surface area contributed by atoms with Crippen molar-refractivity contribution in [3.8, 4) is 0 Å². The summed E-state index contributed by atoms with van der Waals surface area (Å²) in [7, 11) is 0. The van der Waals surface area contributed by atoms with Crippen molar-refractivity contribution in [1.29, 1.82) is 0 Å². The van der Waals surface area contributed by atoms with Gasteiger partial charge in [0.05, 0.1) is 0 Å². The maximum absolute atomic E-state index is 15.4. The molecule has 28 heavy (non-hydrogen) atoms. The average molecular weight is 385 g/mol. The van der Waals surface area contributed by atoms with Crippen molar-refractivity contribution in [2.75, 3.05) is 0 Å². The van der Waals surface area contributed by atoms with Gasteiger partial charge in [0.2, 0.25) is 0 Å². The van der Waals surface area contributed by atoms with Gasteiger partial charge in [-0.15, -0.1) is 0 Å². The summed E-state index contributed by atoms with van der Waals surface area (Å²) in [5.41, 5.74) is 3.45. The molecule has 0 nitrogen and oxygen atoms in total. The number of hydrogen-bond donors (Lipinski definition) is 0. The van der Waals surface area contributed by atoms with Crippen molar-refractivity contribution in [2.45, 2.75) is 110 Å². The molecule has 0 saturated heterocycles. The summed E-state index contributed by atoms with van der Waals surface area (Å²) >= 11 is 0. The Morgan fingerprint density at radius 3 is 2.54 bits per heavy atom. The van der Waals surface area contributed by atoms with E-state index in [1.54, 1.807) is 0 Å². The summed E-state index contributed by atoms with van der Waals surface area (Å²) in [4.78, 5) is 0. The molecule has 0 N–H and O–H groups in total. The summed E-state index contributed by atoms with van der Waals surface area (Å²) in [6.07, 6.45) is 18.2. The lowest BCUT2D eigenvalue weighted by Gasteiger charge is -2.42. The first-order chi connectivity index (χ1) is 13.7. The molecule has 0 heterocycles. The molecule has 2 fully saturated rings. The Balaban J connectivity index is 1.39. The first-order valence-corrected chi connectivity index (χ1v) is 12.5. The second-order valence-corrected chi connectivity index (χ2v) is 10.3. The second-order valence-electron chi connectivity index (χ2n) is 10.3. The molecule has 0 spiro atoms. The molecule has 156 valence electrons. The molecule has 2 saturated carbocycles. The van der Waals surface area contributed by atoms with Gasteiger partial charge in [-0.05, 0) is 97.6 Å². The van der Waals surface area contributed by atoms with E-state index in [1.807, 2.05) is 0 Å². The summed E-state index contributed by atoms with van der Waals surface area (Å²) in [6.45, 7) is 4.58. The van der Waals surface area contributed by atoms with E-state index in [4.69, 9.17) is 0 Å². The fourth-order valence-corrected chi connectivity index (χ4v) is 6.78. The summed E-state index contributed by atoms with van der Waals surface area (Å²) < 4.78 is 15.4. The van der Waals surface area contributed by atoms with Gasteiger partial charge in [-0.1, -0.05) is 64.5 Å². The van der Waals surface area contributed by atoms with Crippen LogP contribution in [-0.2, 0) is 12.8 Å². The Bertz CT molecular complexity index is 648. The zero-order chi connectivity index (χ0) is 19.5. The van der Waals surface area contributed by atoms with Crippen LogP contribution in [0.5, 0.6) is 0 Å². The number of benzene rings is 1. The van der Waals surface area contributed by atoms with Gasteiger partial charge in [-0.3, -0.25) is 0 Å². The van der Waals surface area contributed by atoms with E-state index >= 15 is 4.39 Å². The number of unbranched alkanes of at least 4 members (excludes halogenated alkanes) is 2. The van der Waals surface area contributed by atoms with Crippen molar-refractivity contribution in [1.82, 2.24) is 0 Å². The van der Waals surface area contributed by atoms with Crippen LogP contribution in [0.1, 0.15) is 114 Å². The summed E-state index contributed by atoms with van der Waals surface area (Å²) in [5, 5.41) is 0. The van der Waals surface area contributed by atoms with Crippen LogP contribution < -0.4 is 0 Å². The molecule has 0 amide bonds. The molecule has 5 atom stereocenters. The van der Waals surface area contributed by atoms with E-state index in [1.165, 1.54) is 82.6 Å². The van der Waals surface area contributed by atoms with Gasteiger partial charge in [-0.25, -0.2) is 4.39 Å². The molecule has 3 aliphatic carbocycles. The smallest absolute Gasteiger partial charge is 0.130 e. The average Bonchev–Trinajstić information content (AvgIpc) is 2.73. The van der Waals surface area contributed by atoms with Crippen LogP contribution in [0.15, 0.2) is 12.1 Å². The highest BCUT2D eigenvalue weighted by molar-refractivity contribution is 5.38. The minimum absolute atomic E-state index is 0.184. The van der Waals surface area contributed by atoms with Crippen LogP contribution in [0.4, 0.5) is 4.39 Å². The van der Waals surface area contributed by atoms with Gasteiger partial charge in [0.1, 0.15) is 5.82 Å². The highest BCUT2D eigenvalue weighted by Crippen LogP contribution is 2.49. The second kappa shape index (κ2) is 9.31. The molecule has 1 aromatic carbocycles. The summed E-state index contributed by atoms with van der Waals surface area (Å²) in [5.74, 6) is 4.21. The van der Waals surface area contributed by atoms with E-state index < -0.39 is 0 Å². The lowest BCUT2D eigenvalue weighted by atomic mass is 9.63. The third-order valence-corrected chi connectivity index (χ3v) is 8.64. The van der Waals surface area contributed by atoms with Crippen LogP contribution in [-0.4, -0.2) is 0 Å². The predicted molar refractivity (Wildman–Crippen MR) is 117 cm³/mol. The van der Waals surface area contributed by atoms with Gasteiger partial charge in [0.25, 0.3) is 0 Å². The van der Waals surface area contributed by atoms with Crippen molar-refractivity contribution in [3.05, 3.63) is 34.6 Å². The first-order valence-electron chi connectivity index (χ1n) is 12.5. The lowest BCUT2D eigenvalue weighted by molar-refractivity contribution is 0.112. The fraction of sp³-hybridized carbons (Fsp3) is 0.778. The number of rotatable bonds is 6. The normalized spacial score (nSPS) is 32.6. The quantitative estimate of drug-likeness (QED) is 0.433. The van der Waals surface area contributed by atoms with E-state index in [-0.39, 0.29) is 5.82 Å². The monoisotopic (exact) mass is 384 g/mol. The third-order valence-electron chi connectivity index (χ3n) is 8.64. The molecule has 5 unspecified atom stereocenters. The topological polar surface area (TPSA) is 0 Å². The van der Waals surface area contributed by atoms with E-state index in [0.717, 1.165) is 47.6 Å². The molecular formula is C27H41F. The summed E-state index contributed by atoms with van der Waals surface area (Å²) in [6, 6.07) is 4.46. The number of halogens is 1. The van der Waals surface area contributed by atoms with Gasteiger partial charge >= 0.3 is 0 Å². The van der Waals surface area contributed by atoms with E-state index in [2.05, 4.69) is 26.0 Å². The van der Waals surface area contributed by atoms with Crippen LogP contribution >= 0.6 is 0 Å². The van der Waals surface area contributed by atoms with Crippen LogP contribution in [0, 0.1) is 29.5 Å². The third kappa shape index (κ3) is 4.34. The lowest BCUT2D eigenvalue weighted by Crippen LogP contribution is -2.31. The SMILES string of the molecule is CCCCCC1CCC2CC(c3ccc4c(c3F)CCC(CC)C4)CCC2C1. The molecule has 0 bridgehead atoms. The van der Waals surface area contributed by atoms with Crippen molar-refractivity contribution in [2.24, 2.45) is 23.7 Å². The Kier molecular flexibility index (Phi) is 6.79. The van der Waals surface area contributed by atoms with Gasteiger partial charge < -0.3 is 0 Å². The molecule has 0 aromatic heterocycles. The largest absolute Gasteiger partial charge is 0.206 e. The predicted octanol–water partition coefficient (Wildman–Crippen LogP) is 8.22.